The highest BCUT2D eigenvalue weighted by Crippen LogP contribution is 2.24. The molecule has 0 fully saturated rings. The third kappa shape index (κ3) is 2.94. The van der Waals surface area contributed by atoms with Gasteiger partial charge in [-0.1, -0.05) is 51.1 Å². The first-order valence-corrected chi connectivity index (χ1v) is 5.31. The maximum absolute atomic E-state index is 12.0. The van der Waals surface area contributed by atoms with Gasteiger partial charge in [-0.25, -0.2) is 0 Å². The highest BCUT2D eigenvalue weighted by Gasteiger charge is 2.28. The van der Waals surface area contributed by atoms with Crippen LogP contribution in [0.1, 0.15) is 26.3 Å². The molecule has 17 heavy (non-hydrogen) atoms. The zero-order valence-electron chi connectivity index (χ0n) is 10.2. The lowest BCUT2D eigenvalue weighted by Crippen LogP contribution is -2.22. The Morgan fingerprint density at radius 3 is 2.18 bits per heavy atom. The molecular weight excluding hydrogens is 214 g/mol. The molecule has 0 atom stereocenters. The third-order valence-electron chi connectivity index (χ3n) is 2.30. The monoisotopic (exact) mass is 229 g/mol. The number of rotatable bonds is 2. The number of ketones is 1. The van der Waals surface area contributed by atoms with E-state index in [0.717, 1.165) is 0 Å². The van der Waals surface area contributed by atoms with Crippen molar-refractivity contribution >= 4 is 11.5 Å². The van der Waals surface area contributed by atoms with Crippen molar-refractivity contribution in [3.05, 3.63) is 41.5 Å². The molecule has 1 rings (SSSR count). The van der Waals surface area contributed by atoms with Crippen LogP contribution in [0.15, 0.2) is 35.9 Å². The molecule has 0 aliphatic rings. The van der Waals surface area contributed by atoms with E-state index in [0.29, 0.717) is 5.56 Å². The van der Waals surface area contributed by atoms with Crippen LogP contribution in [0.3, 0.4) is 0 Å². The van der Waals surface area contributed by atoms with Crippen LogP contribution in [0.5, 0.6) is 0 Å². The second-order valence-electron chi connectivity index (χ2n) is 4.78. The molecule has 0 aliphatic carbocycles. The van der Waals surface area contributed by atoms with E-state index < -0.39 is 5.41 Å². The molecule has 1 aromatic carbocycles. The number of nitriles is 1. The van der Waals surface area contributed by atoms with E-state index in [9.17, 15) is 9.90 Å². The fraction of sp³-hybridized carbons (Fsp3) is 0.286. The van der Waals surface area contributed by atoms with E-state index in [-0.39, 0.29) is 17.1 Å². The fourth-order valence-corrected chi connectivity index (χ4v) is 1.33. The van der Waals surface area contributed by atoms with Gasteiger partial charge in [-0.05, 0) is 0 Å². The molecule has 0 unspecified atom stereocenters. The number of aliphatic hydroxyl groups is 1. The van der Waals surface area contributed by atoms with Crippen LogP contribution < -0.4 is 0 Å². The lowest BCUT2D eigenvalue weighted by molar-refractivity contribution is -0.122. The second kappa shape index (κ2) is 4.84. The average molecular weight is 229 g/mol. The number of allylic oxidation sites excluding steroid dienone is 1. The molecule has 3 nitrogen and oxygen atoms in total. The predicted octanol–water partition coefficient (Wildman–Crippen LogP) is 3.09. The van der Waals surface area contributed by atoms with Crippen LogP contribution in [0.4, 0.5) is 0 Å². The van der Waals surface area contributed by atoms with Gasteiger partial charge in [0.2, 0.25) is 0 Å². The lowest BCUT2D eigenvalue weighted by atomic mass is 9.85. The molecule has 88 valence electrons. The van der Waals surface area contributed by atoms with E-state index in [1.807, 2.05) is 0 Å². The van der Waals surface area contributed by atoms with Crippen LogP contribution >= 0.6 is 0 Å². The summed E-state index contributed by atoms with van der Waals surface area (Å²) in [6.07, 6.45) is 0. The highest BCUT2D eigenvalue weighted by atomic mass is 16.3. The van der Waals surface area contributed by atoms with Gasteiger partial charge >= 0.3 is 0 Å². The van der Waals surface area contributed by atoms with Crippen molar-refractivity contribution in [2.75, 3.05) is 0 Å². The van der Waals surface area contributed by atoms with Crippen molar-refractivity contribution in [2.24, 2.45) is 5.41 Å². The van der Waals surface area contributed by atoms with Crippen molar-refractivity contribution in [1.29, 1.82) is 5.26 Å². The number of benzene rings is 1. The van der Waals surface area contributed by atoms with E-state index >= 15 is 0 Å². The second-order valence-corrected chi connectivity index (χ2v) is 4.78. The molecule has 1 N–H and O–H groups in total. The molecule has 0 aromatic heterocycles. The molecular formula is C14H15NO2. The Morgan fingerprint density at radius 2 is 1.76 bits per heavy atom. The minimum absolute atomic E-state index is 0.191. The summed E-state index contributed by atoms with van der Waals surface area (Å²) in [7, 11) is 0. The molecule has 0 aliphatic heterocycles. The van der Waals surface area contributed by atoms with Crippen LogP contribution in [-0.2, 0) is 4.79 Å². The minimum atomic E-state index is -0.687. The Hall–Kier alpha value is -2.08. The molecule has 3 heteroatoms. The van der Waals surface area contributed by atoms with E-state index in [1.165, 1.54) is 0 Å². The normalized spacial score (nSPS) is 12.6. The summed E-state index contributed by atoms with van der Waals surface area (Å²) < 4.78 is 0. The van der Waals surface area contributed by atoms with Gasteiger partial charge in [0.15, 0.2) is 5.78 Å². The molecule has 0 saturated heterocycles. The smallest absolute Gasteiger partial charge is 0.182 e. The molecule has 0 radical (unpaired) electrons. The van der Waals surface area contributed by atoms with Gasteiger partial charge in [0.25, 0.3) is 0 Å². The zero-order chi connectivity index (χ0) is 13.1. The molecule has 0 saturated carbocycles. The van der Waals surface area contributed by atoms with Gasteiger partial charge in [-0.15, -0.1) is 0 Å². The summed E-state index contributed by atoms with van der Waals surface area (Å²) in [5.41, 5.74) is -0.404. The number of nitrogens with zero attached hydrogens (tertiary/aromatic N) is 1. The van der Waals surface area contributed by atoms with Crippen LogP contribution in [-0.4, -0.2) is 10.9 Å². The maximum Gasteiger partial charge on any atom is 0.182 e. The zero-order valence-corrected chi connectivity index (χ0v) is 10.2. The van der Waals surface area contributed by atoms with Gasteiger partial charge in [-0.2, -0.15) is 5.26 Å². The molecule has 0 heterocycles. The SMILES string of the molecule is CC(C)(C)C(=O)C(C#N)=C(O)c1ccccc1. The summed E-state index contributed by atoms with van der Waals surface area (Å²) in [6, 6.07) is 10.4. The van der Waals surface area contributed by atoms with Gasteiger partial charge < -0.3 is 5.11 Å². The quantitative estimate of drug-likeness (QED) is 0.481. The van der Waals surface area contributed by atoms with Gasteiger partial charge in [0.1, 0.15) is 17.4 Å². The summed E-state index contributed by atoms with van der Waals surface area (Å²) in [5.74, 6) is -0.616. The Labute approximate surface area is 101 Å². The first-order chi connectivity index (χ1) is 7.88. The summed E-state index contributed by atoms with van der Waals surface area (Å²) in [5, 5.41) is 19.0. The highest BCUT2D eigenvalue weighted by molar-refractivity contribution is 6.07. The van der Waals surface area contributed by atoms with Crippen molar-refractivity contribution in [3.63, 3.8) is 0 Å². The molecule has 0 spiro atoms. The predicted molar refractivity (Wildman–Crippen MR) is 66.1 cm³/mol. The van der Waals surface area contributed by atoms with E-state index in [4.69, 9.17) is 5.26 Å². The number of carbonyl (C=O) groups excluding carboxylic acids is 1. The summed E-state index contributed by atoms with van der Waals surface area (Å²) in [4.78, 5) is 12.0. The van der Waals surface area contributed by atoms with Gasteiger partial charge in [0.05, 0.1) is 0 Å². The first kappa shape index (κ1) is 13.0. The summed E-state index contributed by atoms with van der Waals surface area (Å²) in [6.45, 7) is 5.14. The number of Topliss-reactive ketones (excluding diaryl/α,β-unsaturated/α-hetero) is 1. The number of hydrogen-bond donors (Lipinski definition) is 1. The lowest BCUT2D eigenvalue weighted by Gasteiger charge is -2.16. The summed E-state index contributed by atoms with van der Waals surface area (Å²) >= 11 is 0. The Bertz CT molecular complexity index is 487. The molecule has 1 aromatic rings. The van der Waals surface area contributed by atoms with Crippen LogP contribution in [0.25, 0.3) is 5.76 Å². The topological polar surface area (TPSA) is 61.1 Å². The van der Waals surface area contributed by atoms with Crippen molar-refractivity contribution in [2.45, 2.75) is 20.8 Å². The first-order valence-electron chi connectivity index (χ1n) is 5.31. The minimum Gasteiger partial charge on any atom is -0.506 e. The number of hydrogen-bond acceptors (Lipinski definition) is 3. The molecule has 0 amide bonds. The Kier molecular flexibility index (Phi) is 3.69. The van der Waals surface area contributed by atoms with Crippen molar-refractivity contribution < 1.29 is 9.90 Å². The van der Waals surface area contributed by atoms with Gasteiger partial charge in [-0.3, -0.25) is 4.79 Å². The number of aliphatic hydroxyl groups excluding tert-OH is 1. The standard InChI is InChI=1S/C14H15NO2/c1-14(2,3)13(17)11(9-15)12(16)10-7-5-4-6-8-10/h4-8,16H,1-3H3. The van der Waals surface area contributed by atoms with Gasteiger partial charge in [0, 0.05) is 11.0 Å². The fourth-order valence-electron chi connectivity index (χ4n) is 1.33. The van der Waals surface area contributed by atoms with E-state index in [1.54, 1.807) is 57.2 Å². The van der Waals surface area contributed by atoms with Crippen molar-refractivity contribution in [1.82, 2.24) is 0 Å². The van der Waals surface area contributed by atoms with Crippen molar-refractivity contribution in [3.8, 4) is 6.07 Å². The molecule has 0 bridgehead atoms. The third-order valence-corrected chi connectivity index (χ3v) is 2.30. The Balaban J connectivity index is 3.28. The largest absolute Gasteiger partial charge is 0.506 e. The van der Waals surface area contributed by atoms with E-state index in [2.05, 4.69) is 0 Å². The Morgan fingerprint density at radius 1 is 1.24 bits per heavy atom. The maximum atomic E-state index is 12.0. The average Bonchev–Trinajstić information content (AvgIpc) is 2.29. The van der Waals surface area contributed by atoms with Crippen LogP contribution in [0.2, 0.25) is 0 Å². The van der Waals surface area contributed by atoms with Crippen LogP contribution in [0, 0.1) is 16.7 Å². The number of carbonyl (C=O) groups is 1.